The molecule has 0 unspecified atom stereocenters. The van der Waals surface area contributed by atoms with E-state index in [4.69, 9.17) is 9.47 Å². The smallest absolute Gasteiger partial charge is 0.335 e. The number of nitrogens with one attached hydrogen (secondary N) is 1. The molecule has 2 N–H and O–H groups in total. The largest absolute Gasteiger partial charge is 0.493 e. The number of amides is 1. The first-order valence-corrected chi connectivity index (χ1v) is 6.98. The van der Waals surface area contributed by atoms with Crippen LogP contribution in [-0.4, -0.2) is 41.2 Å². The number of benzene rings is 1. The maximum atomic E-state index is 12.5. The molecular weight excluding hydrogens is 314 g/mol. The Balaban J connectivity index is 2.45. The number of carbonyl (C=O) groups is 2. The number of aryl methyl sites for hydroxylation is 2. The Morgan fingerprint density at radius 1 is 1.17 bits per heavy atom. The Bertz CT molecular complexity index is 805. The van der Waals surface area contributed by atoms with Crippen LogP contribution in [0.4, 0.5) is 5.69 Å². The van der Waals surface area contributed by atoms with Crippen LogP contribution >= 0.6 is 0 Å². The average Bonchev–Trinajstić information content (AvgIpc) is 2.53. The van der Waals surface area contributed by atoms with Gasteiger partial charge in [-0.15, -0.1) is 0 Å². The third kappa shape index (κ3) is 3.43. The molecule has 0 saturated heterocycles. The molecule has 2 aromatic rings. The highest BCUT2D eigenvalue weighted by Gasteiger charge is 2.19. The maximum Gasteiger partial charge on any atom is 0.335 e. The Morgan fingerprint density at radius 3 is 2.42 bits per heavy atom. The fourth-order valence-corrected chi connectivity index (χ4v) is 2.18. The number of ether oxygens (including phenoxy) is 2. The summed E-state index contributed by atoms with van der Waals surface area (Å²) in [7, 11) is 2.78. The van der Waals surface area contributed by atoms with Crippen LogP contribution < -0.4 is 14.8 Å². The van der Waals surface area contributed by atoms with E-state index in [1.165, 1.54) is 32.5 Å². The summed E-state index contributed by atoms with van der Waals surface area (Å²) in [6.45, 7) is 3.41. The summed E-state index contributed by atoms with van der Waals surface area (Å²) in [6.07, 6.45) is 1.41. The fraction of sp³-hybridized carbons (Fsp3) is 0.250. The van der Waals surface area contributed by atoms with E-state index in [-0.39, 0.29) is 28.3 Å². The molecule has 0 aliphatic heterocycles. The first-order valence-electron chi connectivity index (χ1n) is 6.98. The molecule has 24 heavy (non-hydrogen) atoms. The SMILES string of the molecule is COc1cc(C(=O)O)cc(NC(=O)c2cnc(C)nc2C)c1OC. The van der Waals surface area contributed by atoms with Crippen molar-refractivity contribution in [3.63, 3.8) is 0 Å². The van der Waals surface area contributed by atoms with Crippen LogP contribution in [0.15, 0.2) is 18.3 Å². The van der Waals surface area contributed by atoms with Crippen LogP contribution in [0, 0.1) is 13.8 Å². The highest BCUT2D eigenvalue weighted by atomic mass is 16.5. The van der Waals surface area contributed by atoms with Gasteiger partial charge in [0.25, 0.3) is 5.91 Å². The number of methoxy groups -OCH3 is 2. The molecule has 2 rings (SSSR count). The molecule has 8 nitrogen and oxygen atoms in total. The van der Waals surface area contributed by atoms with Crippen molar-refractivity contribution in [3.8, 4) is 11.5 Å². The molecule has 0 aliphatic carbocycles. The predicted molar refractivity (Wildman–Crippen MR) is 86.0 cm³/mol. The topological polar surface area (TPSA) is 111 Å². The van der Waals surface area contributed by atoms with Crippen molar-refractivity contribution in [1.82, 2.24) is 9.97 Å². The number of hydrogen-bond donors (Lipinski definition) is 2. The fourth-order valence-electron chi connectivity index (χ4n) is 2.18. The van der Waals surface area contributed by atoms with Gasteiger partial charge in [-0.2, -0.15) is 0 Å². The molecule has 0 radical (unpaired) electrons. The van der Waals surface area contributed by atoms with Crippen molar-refractivity contribution in [2.75, 3.05) is 19.5 Å². The molecule has 8 heteroatoms. The molecule has 1 aromatic heterocycles. The first kappa shape index (κ1) is 17.2. The van der Waals surface area contributed by atoms with E-state index in [0.717, 1.165) is 0 Å². The van der Waals surface area contributed by atoms with Gasteiger partial charge in [0.1, 0.15) is 5.82 Å². The lowest BCUT2D eigenvalue weighted by molar-refractivity contribution is 0.0696. The summed E-state index contributed by atoms with van der Waals surface area (Å²) in [6, 6.07) is 2.61. The molecule has 126 valence electrons. The van der Waals surface area contributed by atoms with Crippen LogP contribution in [0.25, 0.3) is 0 Å². The van der Waals surface area contributed by atoms with Gasteiger partial charge in [0, 0.05) is 6.20 Å². The number of nitrogens with zero attached hydrogens (tertiary/aromatic N) is 2. The summed E-state index contributed by atoms with van der Waals surface area (Å²) >= 11 is 0. The monoisotopic (exact) mass is 331 g/mol. The van der Waals surface area contributed by atoms with Gasteiger partial charge in [-0.1, -0.05) is 0 Å². The molecule has 0 aliphatic rings. The van der Waals surface area contributed by atoms with Crippen molar-refractivity contribution in [2.24, 2.45) is 0 Å². The lowest BCUT2D eigenvalue weighted by Gasteiger charge is -2.15. The van der Waals surface area contributed by atoms with E-state index in [0.29, 0.717) is 11.5 Å². The van der Waals surface area contributed by atoms with E-state index in [9.17, 15) is 14.7 Å². The zero-order valence-corrected chi connectivity index (χ0v) is 13.7. The second kappa shape index (κ2) is 6.95. The van der Waals surface area contributed by atoms with Crippen LogP contribution in [0.2, 0.25) is 0 Å². The minimum atomic E-state index is -1.15. The van der Waals surface area contributed by atoms with Crippen LogP contribution in [0.1, 0.15) is 32.2 Å². The zero-order valence-electron chi connectivity index (χ0n) is 13.7. The lowest BCUT2D eigenvalue weighted by Crippen LogP contribution is -2.16. The van der Waals surface area contributed by atoms with E-state index >= 15 is 0 Å². The Labute approximate surface area is 138 Å². The number of anilines is 1. The molecule has 0 spiro atoms. The Kier molecular flexibility index (Phi) is 4.98. The van der Waals surface area contributed by atoms with Gasteiger partial charge in [-0.3, -0.25) is 4.79 Å². The van der Waals surface area contributed by atoms with E-state index < -0.39 is 11.9 Å². The van der Waals surface area contributed by atoms with Crippen molar-refractivity contribution in [1.29, 1.82) is 0 Å². The highest BCUT2D eigenvalue weighted by molar-refractivity contribution is 6.06. The molecule has 1 heterocycles. The Hall–Kier alpha value is -3.16. The van der Waals surface area contributed by atoms with Gasteiger partial charge in [0.05, 0.1) is 36.7 Å². The molecule has 1 amide bonds. The maximum absolute atomic E-state index is 12.5. The molecular formula is C16H17N3O5. The Morgan fingerprint density at radius 2 is 1.88 bits per heavy atom. The standard InChI is InChI=1S/C16H17N3O5/c1-8-11(7-17-9(2)18-8)15(20)19-12-5-10(16(21)22)6-13(23-3)14(12)24-4/h5-7H,1-4H3,(H,19,20)(H,21,22). The molecule has 1 aromatic carbocycles. The van der Waals surface area contributed by atoms with Crippen LogP contribution in [0.5, 0.6) is 11.5 Å². The van der Waals surface area contributed by atoms with E-state index in [1.807, 2.05) is 0 Å². The molecule has 0 fully saturated rings. The average molecular weight is 331 g/mol. The van der Waals surface area contributed by atoms with Crippen molar-refractivity contribution < 1.29 is 24.2 Å². The van der Waals surface area contributed by atoms with Gasteiger partial charge < -0.3 is 19.9 Å². The van der Waals surface area contributed by atoms with E-state index in [1.54, 1.807) is 13.8 Å². The first-order chi connectivity index (χ1) is 11.4. The lowest BCUT2D eigenvalue weighted by atomic mass is 10.1. The highest BCUT2D eigenvalue weighted by Crippen LogP contribution is 2.37. The zero-order chi connectivity index (χ0) is 17.9. The summed E-state index contributed by atoms with van der Waals surface area (Å²) in [5, 5.41) is 11.8. The van der Waals surface area contributed by atoms with E-state index in [2.05, 4.69) is 15.3 Å². The number of hydrogen-bond acceptors (Lipinski definition) is 6. The number of carboxylic acids is 1. The second-order valence-corrected chi connectivity index (χ2v) is 4.93. The van der Waals surface area contributed by atoms with Crippen molar-refractivity contribution in [2.45, 2.75) is 13.8 Å². The van der Waals surface area contributed by atoms with Gasteiger partial charge in [0.2, 0.25) is 0 Å². The summed E-state index contributed by atoms with van der Waals surface area (Å²) in [5.74, 6) is -0.654. The van der Waals surface area contributed by atoms with Gasteiger partial charge in [-0.05, 0) is 26.0 Å². The summed E-state index contributed by atoms with van der Waals surface area (Å²) < 4.78 is 10.4. The minimum Gasteiger partial charge on any atom is -0.493 e. The van der Waals surface area contributed by atoms with Crippen molar-refractivity contribution in [3.05, 3.63) is 41.0 Å². The van der Waals surface area contributed by atoms with Gasteiger partial charge >= 0.3 is 5.97 Å². The molecule has 0 bridgehead atoms. The second-order valence-electron chi connectivity index (χ2n) is 4.93. The number of aromatic nitrogens is 2. The number of carbonyl (C=O) groups excluding carboxylic acids is 1. The predicted octanol–water partition coefficient (Wildman–Crippen LogP) is 2.06. The number of aromatic carboxylic acids is 1. The number of rotatable bonds is 5. The van der Waals surface area contributed by atoms with Gasteiger partial charge in [0.15, 0.2) is 11.5 Å². The van der Waals surface area contributed by atoms with Crippen LogP contribution in [0.3, 0.4) is 0 Å². The third-order valence-electron chi connectivity index (χ3n) is 3.32. The summed E-state index contributed by atoms with van der Waals surface area (Å²) in [4.78, 5) is 31.8. The molecule has 0 saturated carbocycles. The van der Waals surface area contributed by atoms with Crippen LogP contribution in [-0.2, 0) is 0 Å². The van der Waals surface area contributed by atoms with Crippen molar-refractivity contribution >= 4 is 17.6 Å². The quantitative estimate of drug-likeness (QED) is 0.862. The van der Waals surface area contributed by atoms with Gasteiger partial charge in [-0.25, -0.2) is 14.8 Å². The normalized spacial score (nSPS) is 10.2. The third-order valence-corrected chi connectivity index (χ3v) is 3.32. The minimum absolute atomic E-state index is 0.0418. The number of carboxylic acid groups (broad SMARTS) is 1. The molecule has 0 atom stereocenters. The summed E-state index contributed by atoms with van der Waals surface area (Å²) in [5.41, 5.74) is 0.932.